The minimum Gasteiger partial charge on any atom is -0.342 e. The van der Waals surface area contributed by atoms with Gasteiger partial charge in [0.2, 0.25) is 11.8 Å². The smallest absolute Gasteiger partial charge is 0.254 e. The molecule has 3 amide bonds. The minimum atomic E-state index is -0.634. The zero-order valence-corrected chi connectivity index (χ0v) is 15.2. The van der Waals surface area contributed by atoms with Crippen LogP contribution in [0.5, 0.6) is 0 Å². The predicted octanol–water partition coefficient (Wildman–Crippen LogP) is 0.620. The summed E-state index contributed by atoms with van der Waals surface area (Å²) in [7, 11) is 0. The lowest BCUT2D eigenvalue weighted by Crippen LogP contribution is -2.69. The molecule has 0 bridgehead atoms. The zero-order valence-electron chi connectivity index (χ0n) is 14.5. The maximum Gasteiger partial charge on any atom is 0.254 e. The molecule has 2 atom stereocenters. The summed E-state index contributed by atoms with van der Waals surface area (Å²) in [5.74, 6) is -0.454. The Morgan fingerprint density at radius 3 is 2.81 bits per heavy atom. The molecule has 1 aromatic carbocycles. The number of amides is 3. The van der Waals surface area contributed by atoms with Crippen LogP contribution < -0.4 is 11.1 Å². The minimum absolute atomic E-state index is 0.0681. The van der Waals surface area contributed by atoms with Crippen LogP contribution in [0, 0.1) is 0 Å². The van der Waals surface area contributed by atoms with Crippen molar-refractivity contribution < 1.29 is 14.4 Å². The maximum atomic E-state index is 12.7. The number of unbranched alkanes of at least 4 members (excludes halogenated alkanes) is 1. The summed E-state index contributed by atoms with van der Waals surface area (Å²) in [6.07, 6.45) is 2.21. The fourth-order valence-corrected chi connectivity index (χ4v) is 3.67. The second-order valence-electron chi connectivity index (χ2n) is 6.65. The highest BCUT2D eigenvalue weighted by atomic mass is 35.5. The van der Waals surface area contributed by atoms with Gasteiger partial charge in [0.05, 0.1) is 6.54 Å². The lowest BCUT2D eigenvalue weighted by Gasteiger charge is -2.45. The standard InChI is InChI=1S/C18H23ClN4O3/c19-13-5-3-4-12(10-13)17(25)22-8-9-23-15(11-22)16(24)21-14(18(23)26)6-1-2-7-20/h3-5,10,14-15H,1-2,6-9,11,20H2,(H,21,24)/t14-,15+/m0/s1. The van der Waals surface area contributed by atoms with Crippen molar-refractivity contribution in [1.82, 2.24) is 15.1 Å². The highest BCUT2D eigenvalue weighted by Gasteiger charge is 2.44. The fourth-order valence-electron chi connectivity index (χ4n) is 3.48. The molecule has 1 aromatic rings. The van der Waals surface area contributed by atoms with Gasteiger partial charge >= 0.3 is 0 Å². The third-order valence-corrected chi connectivity index (χ3v) is 5.12. The Labute approximate surface area is 157 Å². The molecule has 0 spiro atoms. The van der Waals surface area contributed by atoms with Gasteiger partial charge < -0.3 is 20.9 Å². The van der Waals surface area contributed by atoms with Crippen LogP contribution >= 0.6 is 11.6 Å². The summed E-state index contributed by atoms with van der Waals surface area (Å²) < 4.78 is 0. The zero-order chi connectivity index (χ0) is 18.7. The highest BCUT2D eigenvalue weighted by Crippen LogP contribution is 2.21. The van der Waals surface area contributed by atoms with E-state index < -0.39 is 12.1 Å². The van der Waals surface area contributed by atoms with Crippen LogP contribution in [0.4, 0.5) is 0 Å². The number of nitrogens with zero attached hydrogens (tertiary/aromatic N) is 2. The van der Waals surface area contributed by atoms with Crippen molar-refractivity contribution in [3.8, 4) is 0 Å². The first-order valence-electron chi connectivity index (χ1n) is 8.87. The molecule has 0 saturated carbocycles. The van der Waals surface area contributed by atoms with E-state index in [1.165, 1.54) is 0 Å². The average Bonchev–Trinajstić information content (AvgIpc) is 2.65. The molecule has 0 unspecified atom stereocenters. The van der Waals surface area contributed by atoms with E-state index in [1.54, 1.807) is 34.1 Å². The number of rotatable bonds is 5. The van der Waals surface area contributed by atoms with E-state index in [0.29, 0.717) is 36.6 Å². The maximum absolute atomic E-state index is 12.7. The van der Waals surface area contributed by atoms with E-state index in [0.717, 1.165) is 12.8 Å². The van der Waals surface area contributed by atoms with Crippen molar-refractivity contribution in [3.63, 3.8) is 0 Å². The van der Waals surface area contributed by atoms with Crippen molar-refractivity contribution >= 4 is 29.3 Å². The average molecular weight is 379 g/mol. The molecule has 2 aliphatic rings. The van der Waals surface area contributed by atoms with Gasteiger partial charge in [0, 0.05) is 23.7 Å². The van der Waals surface area contributed by atoms with Crippen molar-refractivity contribution in [3.05, 3.63) is 34.9 Å². The van der Waals surface area contributed by atoms with Crippen molar-refractivity contribution in [2.75, 3.05) is 26.2 Å². The number of fused-ring (bicyclic) bond motifs is 1. The van der Waals surface area contributed by atoms with Crippen LogP contribution in [0.2, 0.25) is 5.02 Å². The summed E-state index contributed by atoms with van der Waals surface area (Å²) in [5.41, 5.74) is 5.96. The van der Waals surface area contributed by atoms with E-state index in [2.05, 4.69) is 5.32 Å². The molecule has 0 radical (unpaired) electrons. The van der Waals surface area contributed by atoms with Crippen LogP contribution in [-0.2, 0) is 9.59 Å². The normalized spacial score (nSPS) is 22.8. The number of piperazine rings is 2. The predicted molar refractivity (Wildman–Crippen MR) is 97.7 cm³/mol. The van der Waals surface area contributed by atoms with Crippen molar-refractivity contribution in [2.45, 2.75) is 31.3 Å². The van der Waals surface area contributed by atoms with Gasteiger partial charge in [-0.1, -0.05) is 17.7 Å². The van der Waals surface area contributed by atoms with Crippen LogP contribution in [0.25, 0.3) is 0 Å². The van der Waals surface area contributed by atoms with Crippen LogP contribution in [-0.4, -0.2) is 65.8 Å². The van der Waals surface area contributed by atoms with E-state index in [1.807, 2.05) is 0 Å². The molecule has 8 heteroatoms. The molecule has 26 heavy (non-hydrogen) atoms. The molecule has 0 aliphatic carbocycles. The van der Waals surface area contributed by atoms with Gasteiger partial charge in [0.1, 0.15) is 12.1 Å². The first kappa shape index (κ1) is 18.7. The molecular formula is C18H23ClN4O3. The van der Waals surface area contributed by atoms with Gasteiger partial charge in [-0.05, 0) is 44.0 Å². The second-order valence-corrected chi connectivity index (χ2v) is 7.09. The summed E-state index contributed by atoms with van der Waals surface area (Å²) in [6.45, 7) is 1.52. The Morgan fingerprint density at radius 2 is 2.08 bits per heavy atom. The van der Waals surface area contributed by atoms with Gasteiger partial charge in [0.25, 0.3) is 5.91 Å². The Morgan fingerprint density at radius 1 is 1.27 bits per heavy atom. The molecule has 2 fully saturated rings. The van der Waals surface area contributed by atoms with Gasteiger partial charge in [-0.15, -0.1) is 0 Å². The molecule has 3 rings (SSSR count). The summed E-state index contributed by atoms with van der Waals surface area (Å²) >= 11 is 5.95. The summed E-state index contributed by atoms with van der Waals surface area (Å²) in [5, 5.41) is 3.29. The molecule has 3 N–H and O–H groups in total. The van der Waals surface area contributed by atoms with Crippen LogP contribution in [0.3, 0.4) is 0 Å². The van der Waals surface area contributed by atoms with E-state index in [9.17, 15) is 14.4 Å². The Bertz CT molecular complexity index is 711. The Balaban J connectivity index is 1.67. The molecule has 7 nitrogen and oxygen atoms in total. The topological polar surface area (TPSA) is 95.7 Å². The van der Waals surface area contributed by atoms with Gasteiger partial charge in [-0.3, -0.25) is 14.4 Å². The van der Waals surface area contributed by atoms with Crippen molar-refractivity contribution in [1.29, 1.82) is 0 Å². The van der Waals surface area contributed by atoms with Gasteiger partial charge in [0.15, 0.2) is 0 Å². The number of carbonyl (C=O) groups is 3. The number of hydrogen-bond acceptors (Lipinski definition) is 4. The van der Waals surface area contributed by atoms with Gasteiger partial charge in [-0.25, -0.2) is 0 Å². The number of halogens is 1. The van der Waals surface area contributed by atoms with E-state index in [4.69, 9.17) is 17.3 Å². The molecule has 140 valence electrons. The molecular weight excluding hydrogens is 356 g/mol. The van der Waals surface area contributed by atoms with Crippen molar-refractivity contribution in [2.24, 2.45) is 5.73 Å². The van der Waals surface area contributed by atoms with Crippen LogP contribution in [0.1, 0.15) is 29.6 Å². The summed E-state index contributed by atoms with van der Waals surface area (Å²) in [4.78, 5) is 41.0. The SMILES string of the molecule is NCCCC[C@@H]1NC(=O)[C@H]2CN(C(=O)c3cccc(Cl)c3)CCN2C1=O. The third kappa shape index (κ3) is 3.83. The Hall–Kier alpha value is -2.12. The number of nitrogens with one attached hydrogen (secondary N) is 1. The quantitative estimate of drug-likeness (QED) is 0.734. The Kier molecular flexibility index (Phi) is 5.78. The second kappa shape index (κ2) is 8.05. The molecule has 2 aliphatic heterocycles. The highest BCUT2D eigenvalue weighted by molar-refractivity contribution is 6.30. The number of benzene rings is 1. The summed E-state index contributed by atoms with van der Waals surface area (Å²) in [6, 6.07) is 5.60. The fraction of sp³-hybridized carbons (Fsp3) is 0.500. The third-order valence-electron chi connectivity index (χ3n) is 4.89. The number of carbonyl (C=O) groups excluding carboxylic acids is 3. The largest absolute Gasteiger partial charge is 0.342 e. The lowest BCUT2D eigenvalue weighted by molar-refractivity contribution is -0.152. The molecule has 2 heterocycles. The molecule has 0 aromatic heterocycles. The number of nitrogens with two attached hydrogens (primary N) is 1. The monoisotopic (exact) mass is 378 g/mol. The van der Waals surface area contributed by atoms with Crippen LogP contribution in [0.15, 0.2) is 24.3 Å². The first-order valence-corrected chi connectivity index (χ1v) is 9.25. The van der Waals surface area contributed by atoms with Gasteiger partial charge in [-0.2, -0.15) is 0 Å². The number of hydrogen-bond donors (Lipinski definition) is 2. The lowest BCUT2D eigenvalue weighted by atomic mass is 10.00. The van der Waals surface area contributed by atoms with E-state index >= 15 is 0 Å². The first-order chi connectivity index (χ1) is 12.5. The van der Waals surface area contributed by atoms with E-state index in [-0.39, 0.29) is 24.3 Å². The molecule has 2 saturated heterocycles.